The van der Waals surface area contributed by atoms with Crippen molar-refractivity contribution in [3.05, 3.63) is 255 Å². The summed E-state index contributed by atoms with van der Waals surface area (Å²) in [5.41, 5.74) is 18.7. The molecule has 0 saturated heterocycles. The Morgan fingerprint density at radius 3 is 1.27 bits per heavy atom. The van der Waals surface area contributed by atoms with Gasteiger partial charge in [-0.3, -0.25) is 9.97 Å². The predicted molar refractivity (Wildman–Crippen MR) is 323 cm³/mol. The number of rotatable bonds is 4. The van der Waals surface area contributed by atoms with Gasteiger partial charge in [-0.1, -0.05) is 182 Å². The van der Waals surface area contributed by atoms with E-state index >= 15 is 0 Å². The summed E-state index contributed by atoms with van der Waals surface area (Å²) < 4.78 is 12.4. The van der Waals surface area contributed by atoms with Crippen LogP contribution in [0.15, 0.2) is 264 Å². The first-order valence-electron chi connectivity index (χ1n) is 26.3. The third-order valence-electron chi connectivity index (χ3n) is 15.6. The topological polar surface area (TPSA) is 77.8 Å². The van der Waals surface area contributed by atoms with E-state index < -0.39 is 0 Å². The Morgan fingerprint density at radius 2 is 0.667 bits per heavy atom. The minimum absolute atomic E-state index is 0.905. The van der Waals surface area contributed by atoms with Gasteiger partial charge in [-0.2, -0.15) is 0 Å². The minimum atomic E-state index is 0.905. The van der Waals surface area contributed by atoms with Crippen molar-refractivity contribution in [1.82, 2.24) is 19.9 Å². The molecule has 78 heavy (non-hydrogen) atoms. The average molecular weight is 995 g/mol. The molecule has 0 bridgehead atoms. The molecule has 0 unspecified atom stereocenters. The Hall–Kier alpha value is -10.6. The van der Waals surface area contributed by atoms with Gasteiger partial charge in [0.15, 0.2) is 0 Å². The van der Waals surface area contributed by atoms with Gasteiger partial charge in [0, 0.05) is 77.4 Å². The molecule has 6 aromatic heterocycles. The SMILES string of the molecule is c1cnc2c(c1)ccc1c(-c3ccc(-c4ccc5c(c4)oc4ccccc45)c4ccccc34)c3ccccc3nc12.c1cnc2c(c1)ccc1c(-c3ccc(-c4ccc5c(c4)oc4ccccc45)cc3)c3ccccc3nc12. The van der Waals surface area contributed by atoms with Crippen molar-refractivity contribution in [2.75, 3.05) is 0 Å². The van der Waals surface area contributed by atoms with Crippen LogP contribution in [0.1, 0.15) is 0 Å². The van der Waals surface area contributed by atoms with Crippen molar-refractivity contribution in [2.24, 2.45) is 0 Å². The van der Waals surface area contributed by atoms with Crippen molar-refractivity contribution in [2.45, 2.75) is 0 Å². The number of pyridine rings is 4. The number of nitrogens with zero attached hydrogens (tertiary/aromatic N) is 4. The Morgan fingerprint density at radius 1 is 0.244 bits per heavy atom. The summed E-state index contributed by atoms with van der Waals surface area (Å²) in [6.45, 7) is 0. The van der Waals surface area contributed by atoms with E-state index in [4.69, 9.17) is 23.8 Å². The fourth-order valence-corrected chi connectivity index (χ4v) is 12.0. The van der Waals surface area contributed by atoms with Crippen LogP contribution in [0, 0.1) is 0 Å². The van der Waals surface area contributed by atoms with Crippen molar-refractivity contribution in [3.8, 4) is 44.5 Å². The van der Waals surface area contributed by atoms with Gasteiger partial charge in [0.05, 0.1) is 33.1 Å². The van der Waals surface area contributed by atoms with E-state index in [2.05, 4.69) is 205 Å². The highest BCUT2D eigenvalue weighted by atomic mass is 16.3. The highest BCUT2D eigenvalue weighted by molar-refractivity contribution is 6.21. The quantitative estimate of drug-likeness (QED) is 0.129. The molecule has 0 aliphatic heterocycles. The lowest BCUT2D eigenvalue weighted by Crippen LogP contribution is -1.93. The van der Waals surface area contributed by atoms with E-state index in [9.17, 15) is 0 Å². The van der Waals surface area contributed by atoms with Crippen molar-refractivity contribution in [3.63, 3.8) is 0 Å². The third-order valence-corrected chi connectivity index (χ3v) is 15.6. The first-order valence-corrected chi connectivity index (χ1v) is 26.3. The van der Waals surface area contributed by atoms with Gasteiger partial charge < -0.3 is 8.83 Å². The molecule has 6 nitrogen and oxygen atoms in total. The van der Waals surface area contributed by atoms with Crippen LogP contribution < -0.4 is 0 Å². The highest BCUT2D eigenvalue weighted by Gasteiger charge is 2.19. The van der Waals surface area contributed by atoms with Crippen LogP contribution in [-0.2, 0) is 0 Å². The first-order chi connectivity index (χ1) is 38.7. The van der Waals surface area contributed by atoms with Crippen LogP contribution >= 0.6 is 0 Å². The second-order valence-corrected chi connectivity index (χ2v) is 20.0. The molecule has 0 spiro atoms. The van der Waals surface area contributed by atoms with E-state index in [1.165, 1.54) is 33.0 Å². The maximum Gasteiger partial charge on any atom is 0.136 e. The highest BCUT2D eigenvalue weighted by Crippen LogP contribution is 2.44. The van der Waals surface area contributed by atoms with E-state index in [1.807, 2.05) is 54.9 Å². The van der Waals surface area contributed by atoms with Crippen LogP contribution in [-0.4, -0.2) is 19.9 Å². The van der Waals surface area contributed by atoms with Crippen LogP contribution in [0.25, 0.3) is 165 Å². The number of fused-ring (bicyclic) bond motifs is 15. The molecule has 0 atom stereocenters. The maximum atomic E-state index is 6.24. The lowest BCUT2D eigenvalue weighted by Gasteiger charge is -2.16. The minimum Gasteiger partial charge on any atom is -0.456 e. The molecule has 17 rings (SSSR count). The molecule has 0 aliphatic rings. The third kappa shape index (κ3) is 6.97. The van der Waals surface area contributed by atoms with Gasteiger partial charge in [-0.15, -0.1) is 0 Å². The van der Waals surface area contributed by atoms with E-state index in [0.29, 0.717) is 0 Å². The maximum absolute atomic E-state index is 6.24. The molecule has 11 aromatic carbocycles. The summed E-state index contributed by atoms with van der Waals surface area (Å²) in [5, 5.41) is 13.7. The normalized spacial score (nSPS) is 11.8. The van der Waals surface area contributed by atoms with Gasteiger partial charge in [0.2, 0.25) is 0 Å². The summed E-state index contributed by atoms with van der Waals surface area (Å²) in [5.74, 6) is 0. The van der Waals surface area contributed by atoms with E-state index in [1.54, 1.807) is 0 Å². The zero-order valence-corrected chi connectivity index (χ0v) is 41.9. The zero-order chi connectivity index (χ0) is 51.3. The van der Waals surface area contributed by atoms with E-state index in [0.717, 1.165) is 132 Å². The van der Waals surface area contributed by atoms with Gasteiger partial charge in [0.1, 0.15) is 22.3 Å². The summed E-state index contributed by atoms with van der Waals surface area (Å²) in [4.78, 5) is 19.6. The van der Waals surface area contributed by atoms with Crippen LogP contribution in [0.2, 0.25) is 0 Å². The Balaban J connectivity index is 0.000000131. The molecule has 0 N–H and O–H groups in total. The number of benzene rings is 11. The Bertz CT molecular complexity index is 5290. The molecule has 0 radical (unpaired) electrons. The summed E-state index contributed by atoms with van der Waals surface area (Å²) in [6, 6.07) is 85.1. The molecule has 0 saturated carbocycles. The summed E-state index contributed by atoms with van der Waals surface area (Å²) >= 11 is 0. The molecular formula is C72H42N4O2. The van der Waals surface area contributed by atoms with Gasteiger partial charge in [-0.25, -0.2) is 9.97 Å². The Kier molecular flexibility index (Phi) is 9.84. The van der Waals surface area contributed by atoms with E-state index in [-0.39, 0.29) is 0 Å². The molecule has 6 heteroatoms. The second-order valence-electron chi connectivity index (χ2n) is 20.0. The number of aromatic nitrogens is 4. The largest absolute Gasteiger partial charge is 0.456 e. The number of furan rings is 2. The van der Waals surface area contributed by atoms with Gasteiger partial charge in [-0.05, 0) is 105 Å². The lowest BCUT2D eigenvalue weighted by molar-refractivity contribution is 0.668. The lowest BCUT2D eigenvalue weighted by atomic mass is 9.88. The summed E-state index contributed by atoms with van der Waals surface area (Å²) in [6.07, 6.45) is 3.69. The van der Waals surface area contributed by atoms with Gasteiger partial charge >= 0.3 is 0 Å². The van der Waals surface area contributed by atoms with Crippen molar-refractivity contribution >= 4 is 120 Å². The smallest absolute Gasteiger partial charge is 0.136 e. The van der Waals surface area contributed by atoms with Crippen LogP contribution in [0.5, 0.6) is 0 Å². The molecule has 362 valence electrons. The Labute approximate surface area is 446 Å². The number of hydrogen-bond acceptors (Lipinski definition) is 6. The monoisotopic (exact) mass is 994 g/mol. The fourth-order valence-electron chi connectivity index (χ4n) is 12.0. The fraction of sp³-hybridized carbons (Fsp3) is 0. The molecule has 6 heterocycles. The predicted octanol–water partition coefficient (Wildman–Crippen LogP) is 19.5. The molecule has 0 fully saturated rings. The van der Waals surface area contributed by atoms with Crippen molar-refractivity contribution < 1.29 is 8.83 Å². The zero-order valence-electron chi connectivity index (χ0n) is 41.9. The molecule has 17 aromatic rings. The summed E-state index contributed by atoms with van der Waals surface area (Å²) in [7, 11) is 0. The van der Waals surface area contributed by atoms with Gasteiger partial charge in [0.25, 0.3) is 0 Å². The molecule has 0 amide bonds. The molecule has 0 aliphatic carbocycles. The number of hydrogen-bond donors (Lipinski definition) is 0. The number of para-hydroxylation sites is 4. The standard InChI is InChI=1S/C38H22N2O.C34H20N2O/c1-2-10-27-26(9-1)25(24-16-17-29-28-11-4-6-14-34(28)41-35(29)22-24)19-20-30(27)36-31-12-3-5-13-33(31)40-38-32(36)18-15-23-8-7-21-39-37(23)38;1-3-9-29-27(8-1)32(28-18-15-23-6-5-19-35-33(23)34(28)36-29)22-13-11-21(12-14-22)24-16-17-26-25-7-2-4-10-30(25)37-31(26)20-24/h1-22H;1-20H. The molecular weight excluding hydrogens is 953 g/mol. The van der Waals surface area contributed by atoms with Crippen molar-refractivity contribution in [1.29, 1.82) is 0 Å². The van der Waals surface area contributed by atoms with Crippen LogP contribution in [0.3, 0.4) is 0 Å². The average Bonchev–Trinajstić information content (AvgIpc) is 4.18. The van der Waals surface area contributed by atoms with Crippen LogP contribution in [0.4, 0.5) is 0 Å². The second kappa shape index (κ2) is 17.5. The first kappa shape index (κ1) is 43.8.